The number of amides is 1. The molecule has 0 aromatic heterocycles. The van der Waals surface area contributed by atoms with Crippen LogP contribution in [0.1, 0.15) is 30.0 Å². The number of nitrogens with zero attached hydrogens (tertiary/aromatic N) is 2. The molecule has 0 aliphatic carbocycles. The molecule has 1 saturated heterocycles. The van der Waals surface area contributed by atoms with Crippen LogP contribution >= 0.6 is 0 Å². The second kappa shape index (κ2) is 11.1. The first kappa shape index (κ1) is 21.5. The molecule has 156 valence electrons. The number of carbonyl (C=O) groups is 1. The average Bonchev–Trinajstić information content (AvgIpc) is 3.20. The van der Waals surface area contributed by atoms with Crippen LogP contribution in [0.3, 0.4) is 0 Å². The second-order valence-corrected chi connectivity index (χ2v) is 7.70. The minimum atomic E-state index is 0.0839. The van der Waals surface area contributed by atoms with E-state index in [0.29, 0.717) is 25.7 Å². The summed E-state index contributed by atoms with van der Waals surface area (Å²) in [7, 11) is 1.69. The lowest BCUT2D eigenvalue weighted by Crippen LogP contribution is -2.44. The van der Waals surface area contributed by atoms with Gasteiger partial charge in [-0.3, -0.25) is 14.6 Å². The van der Waals surface area contributed by atoms with E-state index in [1.54, 1.807) is 7.11 Å². The number of likely N-dealkylation sites (tertiary alicyclic amines) is 1. The maximum atomic E-state index is 12.6. The van der Waals surface area contributed by atoms with Crippen molar-refractivity contribution in [3.8, 4) is 0 Å². The maximum absolute atomic E-state index is 12.6. The van der Waals surface area contributed by atoms with Crippen LogP contribution < -0.4 is 5.32 Å². The average molecular weight is 396 g/mol. The molecule has 1 unspecified atom stereocenters. The quantitative estimate of drug-likeness (QED) is 0.672. The lowest BCUT2D eigenvalue weighted by atomic mass is 10.1. The molecule has 1 atom stereocenters. The standard InChI is InChI=1S/C24H33N3O2/c1-3-27(23-13-14-26(17-23)16-20-9-5-4-6-10-20)18-24(28)25-15-21-11-7-8-12-22(21)19-29-2/h4-12,23H,3,13-19H2,1-2H3,(H,25,28). The summed E-state index contributed by atoms with van der Waals surface area (Å²) in [4.78, 5) is 17.4. The Balaban J connectivity index is 1.48. The van der Waals surface area contributed by atoms with Crippen molar-refractivity contribution < 1.29 is 9.53 Å². The number of ether oxygens (including phenoxy) is 1. The molecule has 0 radical (unpaired) electrons. The number of carbonyl (C=O) groups excluding carboxylic acids is 1. The van der Waals surface area contributed by atoms with Crippen LogP contribution in [-0.4, -0.2) is 55.0 Å². The smallest absolute Gasteiger partial charge is 0.234 e. The number of rotatable bonds is 10. The van der Waals surface area contributed by atoms with E-state index < -0.39 is 0 Å². The first-order valence-corrected chi connectivity index (χ1v) is 10.5. The molecule has 0 spiro atoms. The molecule has 2 aromatic rings. The lowest BCUT2D eigenvalue weighted by molar-refractivity contribution is -0.122. The Kier molecular flexibility index (Phi) is 8.23. The third kappa shape index (κ3) is 6.39. The summed E-state index contributed by atoms with van der Waals surface area (Å²) in [6.45, 7) is 7.67. The second-order valence-electron chi connectivity index (χ2n) is 7.70. The molecule has 0 bridgehead atoms. The number of nitrogens with one attached hydrogen (secondary N) is 1. The largest absolute Gasteiger partial charge is 0.380 e. The highest BCUT2D eigenvalue weighted by molar-refractivity contribution is 5.78. The van der Waals surface area contributed by atoms with Crippen molar-refractivity contribution in [2.45, 2.75) is 39.1 Å². The number of benzene rings is 2. The van der Waals surface area contributed by atoms with Crippen molar-refractivity contribution in [2.24, 2.45) is 0 Å². The molecule has 1 aliphatic heterocycles. The van der Waals surface area contributed by atoms with E-state index in [0.717, 1.165) is 43.7 Å². The predicted molar refractivity (Wildman–Crippen MR) is 116 cm³/mol. The van der Waals surface area contributed by atoms with Gasteiger partial charge < -0.3 is 10.1 Å². The minimum Gasteiger partial charge on any atom is -0.380 e. The molecule has 1 aliphatic rings. The van der Waals surface area contributed by atoms with Gasteiger partial charge in [0.15, 0.2) is 0 Å². The number of hydrogen-bond donors (Lipinski definition) is 1. The fourth-order valence-electron chi connectivity index (χ4n) is 4.06. The Labute approximate surface area is 174 Å². The van der Waals surface area contributed by atoms with Crippen molar-refractivity contribution in [1.29, 1.82) is 0 Å². The van der Waals surface area contributed by atoms with Crippen LogP contribution in [0.4, 0.5) is 0 Å². The minimum absolute atomic E-state index is 0.0839. The summed E-state index contributed by atoms with van der Waals surface area (Å²) >= 11 is 0. The molecule has 1 N–H and O–H groups in total. The van der Waals surface area contributed by atoms with Gasteiger partial charge in [0.05, 0.1) is 13.2 Å². The fourth-order valence-corrected chi connectivity index (χ4v) is 4.06. The van der Waals surface area contributed by atoms with Crippen LogP contribution in [0.2, 0.25) is 0 Å². The van der Waals surface area contributed by atoms with Crippen molar-refractivity contribution in [3.63, 3.8) is 0 Å². The van der Waals surface area contributed by atoms with Gasteiger partial charge in [0.2, 0.25) is 5.91 Å². The Morgan fingerprint density at radius 3 is 2.59 bits per heavy atom. The molecule has 5 heteroatoms. The van der Waals surface area contributed by atoms with Crippen LogP contribution in [0, 0.1) is 0 Å². The molecular formula is C24H33N3O2. The highest BCUT2D eigenvalue weighted by atomic mass is 16.5. The van der Waals surface area contributed by atoms with Crippen LogP contribution in [-0.2, 0) is 29.2 Å². The van der Waals surface area contributed by atoms with Crippen molar-refractivity contribution in [3.05, 3.63) is 71.3 Å². The maximum Gasteiger partial charge on any atom is 0.234 e. The number of methoxy groups -OCH3 is 1. The predicted octanol–water partition coefficient (Wildman–Crippen LogP) is 3.05. The number of likely N-dealkylation sites (N-methyl/N-ethyl adjacent to an activating group) is 1. The lowest BCUT2D eigenvalue weighted by Gasteiger charge is -2.27. The van der Waals surface area contributed by atoms with Gasteiger partial charge in [-0.05, 0) is 29.7 Å². The summed E-state index contributed by atoms with van der Waals surface area (Å²) in [6.07, 6.45) is 1.12. The van der Waals surface area contributed by atoms with Crippen LogP contribution in [0.5, 0.6) is 0 Å². The van der Waals surface area contributed by atoms with E-state index in [1.807, 2.05) is 24.3 Å². The van der Waals surface area contributed by atoms with Gasteiger partial charge in [-0.1, -0.05) is 61.5 Å². The Morgan fingerprint density at radius 1 is 1.14 bits per heavy atom. The molecule has 1 fully saturated rings. The summed E-state index contributed by atoms with van der Waals surface area (Å²) in [5.41, 5.74) is 3.58. The van der Waals surface area contributed by atoms with Gasteiger partial charge in [0, 0.05) is 39.3 Å². The summed E-state index contributed by atoms with van der Waals surface area (Å²) in [5, 5.41) is 3.09. The topological polar surface area (TPSA) is 44.8 Å². The Bertz CT molecular complexity index is 766. The summed E-state index contributed by atoms with van der Waals surface area (Å²) in [6, 6.07) is 19.1. The number of hydrogen-bond acceptors (Lipinski definition) is 4. The van der Waals surface area contributed by atoms with E-state index >= 15 is 0 Å². The molecule has 1 amide bonds. The highest BCUT2D eigenvalue weighted by Gasteiger charge is 2.27. The third-order valence-electron chi connectivity index (χ3n) is 5.66. The first-order chi connectivity index (χ1) is 14.2. The van der Waals surface area contributed by atoms with Crippen LogP contribution in [0.15, 0.2) is 54.6 Å². The Hall–Kier alpha value is -2.21. The van der Waals surface area contributed by atoms with Gasteiger partial charge in [0.1, 0.15) is 0 Å². The van der Waals surface area contributed by atoms with E-state index in [2.05, 4.69) is 52.4 Å². The molecular weight excluding hydrogens is 362 g/mol. The molecule has 29 heavy (non-hydrogen) atoms. The van der Waals surface area contributed by atoms with Crippen molar-refractivity contribution >= 4 is 5.91 Å². The van der Waals surface area contributed by atoms with Crippen LogP contribution in [0.25, 0.3) is 0 Å². The Morgan fingerprint density at radius 2 is 1.86 bits per heavy atom. The SMILES string of the molecule is CCN(CC(=O)NCc1ccccc1COC)C1CCN(Cc2ccccc2)C1. The normalized spacial score (nSPS) is 17.0. The molecule has 2 aromatic carbocycles. The van der Waals surface area contributed by atoms with Crippen molar-refractivity contribution in [2.75, 3.05) is 33.3 Å². The first-order valence-electron chi connectivity index (χ1n) is 10.5. The molecule has 3 rings (SSSR count). The van der Waals surface area contributed by atoms with Crippen molar-refractivity contribution in [1.82, 2.24) is 15.1 Å². The molecule has 0 saturated carbocycles. The third-order valence-corrected chi connectivity index (χ3v) is 5.66. The summed E-state index contributed by atoms with van der Waals surface area (Å²) < 4.78 is 5.25. The van der Waals surface area contributed by atoms with Gasteiger partial charge in [-0.15, -0.1) is 0 Å². The van der Waals surface area contributed by atoms with E-state index in [-0.39, 0.29) is 5.91 Å². The summed E-state index contributed by atoms with van der Waals surface area (Å²) in [5.74, 6) is 0.0839. The highest BCUT2D eigenvalue weighted by Crippen LogP contribution is 2.18. The van der Waals surface area contributed by atoms with E-state index in [1.165, 1.54) is 5.56 Å². The monoisotopic (exact) mass is 395 g/mol. The van der Waals surface area contributed by atoms with Gasteiger partial charge in [-0.25, -0.2) is 0 Å². The fraction of sp³-hybridized carbons (Fsp3) is 0.458. The zero-order chi connectivity index (χ0) is 20.5. The van der Waals surface area contributed by atoms with E-state index in [4.69, 9.17) is 4.74 Å². The zero-order valence-corrected chi connectivity index (χ0v) is 17.6. The molecule has 1 heterocycles. The van der Waals surface area contributed by atoms with Gasteiger partial charge in [-0.2, -0.15) is 0 Å². The molecule has 5 nitrogen and oxygen atoms in total. The zero-order valence-electron chi connectivity index (χ0n) is 17.6. The van der Waals surface area contributed by atoms with E-state index in [9.17, 15) is 4.79 Å². The van der Waals surface area contributed by atoms with Gasteiger partial charge in [0.25, 0.3) is 0 Å². The van der Waals surface area contributed by atoms with Gasteiger partial charge >= 0.3 is 0 Å².